The van der Waals surface area contributed by atoms with Crippen molar-refractivity contribution in [2.24, 2.45) is 5.73 Å². The lowest BCUT2D eigenvalue weighted by molar-refractivity contribution is -0.111. The average Bonchev–Trinajstić information content (AvgIpc) is 2.06. The molecule has 1 rings (SSSR count). The Morgan fingerprint density at radius 1 is 1.42 bits per heavy atom. The highest BCUT2D eigenvalue weighted by atomic mass is 32.2. The Kier molecular flexibility index (Phi) is 3.31. The Hall–Kier alpha value is -0.800. The third kappa shape index (κ3) is 2.68. The molecule has 0 aliphatic rings. The summed E-state index contributed by atoms with van der Waals surface area (Å²) in [5, 5.41) is 0.00111. The number of thioether (sulfide) groups is 1. The lowest BCUT2D eigenvalue weighted by Gasteiger charge is -2.02. The number of carbonyl (C=O) groups is 1. The van der Waals surface area contributed by atoms with Crippen molar-refractivity contribution in [1.29, 1.82) is 0 Å². The van der Waals surface area contributed by atoms with Crippen molar-refractivity contribution < 1.29 is 4.79 Å². The first-order valence-corrected chi connectivity index (χ1v) is 4.54. The average molecular weight is 181 g/mol. The molecule has 2 nitrogen and oxygen atoms in total. The molecule has 0 aliphatic heterocycles. The SMILES string of the molecule is CC(N)C(=O)Sc1ccccc1. The summed E-state index contributed by atoms with van der Waals surface area (Å²) in [6.45, 7) is 1.69. The Balaban J connectivity index is 2.59. The van der Waals surface area contributed by atoms with E-state index in [0.717, 1.165) is 4.90 Å². The van der Waals surface area contributed by atoms with E-state index in [0.29, 0.717) is 0 Å². The Morgan fingerprint density at radius 3 is 2.50 bits per heavy atom. The van der Waals surface area contributed by atoms with Crippen LogP contribution in [0.3, 0.4) is 0 Å². The minimum absolute atomic E-state index is 0.00111. The first kappa shape index (κ1) is 9.29. The number of benzene rings is 1. The van der Waals surface area contributed by atoms with Crippen LogP contribution in [0.15, 0.2) is 35.2 Å². The molecule has 0 spiro atoms. The van der Waals surface area contributed by atoms with Gasteiger partial charge in [0.1, 0.15) is 0 Å². The second kappa shape index (κ2) is 4.28. The minimum atomic E-state index is -0.393. The molecule has 0 aromatic heterocycles. The summed E-state index contributed by atoms with van der Waals surface area (Å²) >= 11 is 1.19. The molecule has 0 heterocycles. The van der Waals surface area contributed by atoms with Gasteiger partial charge in [0.05, 0.1) is 6.04 Å². The van der Waals surface area contributed by atoms with E-state index < -0.39 is 6.04 Å². The van der Waals surface area contributed by atoms with Gasteiger partial charge in [-0.15, -0.1) is 0 Å². The second-order valence-electron chi connectivity index (χ2n) is 2.52. The van der Waals surface area contributed by atoms with E-state index in [4.69, 9.17) is 5.73 Å². The first-order chi connectivity index (χ1) is 5.70. The molecule has 1 atom stereocenters. The van der Waals surface area contributed by atoms with Gasteiger partial charge in [-0.05, 0) is 19.1 Å². The molecule has 0 aliphatic carbocycles. The summed E-state index contributed by atoms with van der Waals surface area (Å²) in [5.74, 6) is 0. The molecular weight excluding hydrogens is 170 g/mol. The summed E-state index contributed by atoms with van der Waals surface area (Å²) in [6.07, 6.45) is 0. The van der Waals surface area contributed by atoms with Crippen molar-refractivity contribution in [1.82, 2.24) is 0 Å². The van der Waals surface area contributed by atoms with E-state index in [1.807, 2.05) is 30.3 Å². The highest BCUT2D eigenvalue weighted by Crippen LogP contribution is 2.18. The zero-order chi connectivity index (χ0) is 8.97. The predicted molar refractivity (Wildman–Crippen MR) is 51.0 cm³/mol. The van der Waals surface area contributed by atoms with Crippen LogP contribution in [0.1, 0.15) is 6.92 Å². The Bertz CT molecular complexity index is 258. The predicted octanol–water partition coefficient (Wildman–Crippen LogP) is 1.65. The van der Waals surface area contributed by atoms with Gasteiger partial charge in [-0.25, -0.2) is 0 Å². The molecule has 64 valence electrons. The fourth-order valence-electron chi connectivity index (χ4n) is 0.698. The third-order valence-electron chi connectivity index (χ3n) is 1.33. The van der Waals surface area contributed by atoms with Gasteiger partial charge in [-0.2, -0.15) is 0 Å². The molecule has 1 unspecified atom stereocenters. The highest BCUT2D eigenvalue weighted by Gasteiger charge is 2.08. The van der Waals surface area contributed by atoms with Crippen molar-refractivity contribution in [3.05, 3.63) is 30.3 Å². The van der Waals surface area contributed by atoms with Crippen LogP contribution in [-0.4, -0.2) is 11.2 Å². The van der Waals surface area contributed by atoms with Crippen LogP contribution in [0.2, 0.25) is 0 Å². The Labute approximate surface area is 76.2 Å². The number of hydrogen-bond acceptors (Lipinski definition) is 3. The summed E-state index contributed by atoms with van der Waals surface area (Å²) in [6, 6.07) is 9.11. The normalized spacial score (nSPS) is 12.5. The summed E-state index contributed by atoms with van der Waals surface area (Å²) in [7, 11) is 0. The van der Waals surface area contributed by atoms with Gasteiger partial charge < -0.3 is 5.73 Å². The summed E-state index contributed by atoms with van der Waals surface area (Å²) in [5.41, 5.74) is 5.41. The zero-order valence-electron chi connectivity index (χ0n) is 6.86. The van der Waals surface area contributed by atoms with Crippen LogP contribution in [0, 0.1) is 0 Å². The Morgan fingerprint density at radius 2 is 2.00 bits per heavy atom. The van der Waals surface area contributed by atoms with E-state index in [9.17, 15) is 4.79 Å². The minimum Gasteiger partial charge on any atom is -0.321 e. The maximum Gasteiger partial charge on any atom is 0.210 e. The monoisotopic (exact) mass is 181 g/mol. The first-order valence-electron chi connectivity index (χ1n) is 3.72. The fraction of sp³-hybridized carbons (Fsp3) is 0.222. The van der Waals surface area contributed by atoms with Gasteiger partial charge in [0.2, 0.25) is 5.12 Å². The van der Waals surface area contributed by atoms with Crippen LogP contribution < -0.4 is 5.73 Å². The van der Waals surface area contributed by atoms with E-state index in [1.54, 1.807) is 6.92 Å². The van der Waals surface area contributed by atoms with Gasteiger partial charge in [0, 0.05) is 4.90 Å². The van der Waals surface area contributed by atoms with E-state index in [1.165, 1.54) is 11.8 Å². The van der Waals surface area contributed by atoms with Crippen LogP contribution in [0.4, 0.5) is 0 Å². The molecule has 0 saturated carbocycles. The molecule has 1 aromatic rings. The van der Waals surface area contributed by atoms with E-state index in [-0.39, 0.29) is 5.12 Å². The molecule has 0 amide bonds. The lowest BCUT2D eigenvalue weighted by Crippen LogP contribution is -2.23. The molecule has 2 N–H and O–H groups in total. The standard InChI is InChI=1S/C9H11NOS/c1-7(10)9(11)12-8-5-3-2-4-6-8/h2-7H,10H2,1H3. The van der Waals surface area contributed by atoms with Crippen LogP contribution in [0.5, 0.6) is 0 Å². The quantitative estimate of drug-likeness (QED) is 0.705. The van der Waals surface area contributed by atoms with E-state index >= 15 is 0 Å². The number of rotatable bonds is 2. The van der Waals surface area contributed by atoms with Gasteiger partial charge in [0.25, 0.3) is 0 Å². The van der Waals surface area contributed by atoms with Crippen LogP contribution in [-0.2, 0) is 4.79 Å². The fourth-order valence-corrected chi connectivity index (χ4v) is 1.41. The maximum absolute atomic E-state index is 11.2. The van der Waals surface area contributed by atoms with Crippen LogP contribution in [0.25, 0.3) is 0 Å². The smallest absolute Gasteiger partial charge is 0.210 e. The van der Waals surface area contributed by atoms with Gasteiger partial charge in [0.15, 0.2) is 0 Å². The number of hydrogen-bond donors (Lipinski definition) is 1. The van der Waals surface area contributed by atoms with Crippen molar-refractivity contribution in [3.8, 4) is 0 Å². The van der Waals surface area contributed by atoms with Crippen LogP contribution >= 0.6 is 11.8 Å². The highest BCUT2D eigenvalue weighted by molar-refractivity contribution is 8.13. The second-order valence-corrected chi connectivity index (χ2v) is 3.60. The molecule has 1 aromatic carbocycles. The third-order valence-corrected chi connectivity index (χ3v) is 2.41. The molecule has 0 radical (unpaired) electrons. The maximum atomic E-state index is 11.2. The number of nitrogens with two attached hydrogens (primary N) is 1. The van der Waals surface area contributed by atoms with Gasteiger partial charge in [-0.1, -0.05) is 30.0 Å². The lowest BCUT2D eigenvalue weighted by atomic mass is 10.4. The number of carbonyl (C=O) groups excluding carboxylic acids is 1. The van der Waals surface area contributed by atoms with Gasteiger partial charge >= 0.3 is 0 Å². The van der Waals surface area contributed by atoms with Crippen molar-refractivity contribution >= 4 is 16.9 Å². The van der Waals surface area contributed by atoms with Crippen molar-refractivity contribution in [2.75, 3.05) is 0 Å². The topological polar surface area (TPSA) is 43.1 Å². The summed E-state index contributed by atoms with van der Waals surface area (Å²) < 4.78 is 0. The molecular formula is C9H11NOS. The molecule has 12 heavy (non-hydrogen) atoms. The largest absolute Gasteiger partial charge is 0.321 e. The molecule has 3 heteroatoms. The van der Waals surface area contributed by atoms with Crippen molar-refractivity contribution in [3.63, 3.8) is 0 Å². The van der Waals surface area contributed by atoms with Gasteiger partial charge in [-0.3, -0.25) is 4.79 Å². The summed E-state index contributed by atoms with van der Waals surface area (Å²) in [4.78, 5) is 12.1. The van der Waals surface area contributed by atoms with Crippen molar-refractivity contribution in [2.45, 2.75) is 17.9 Å². The molecule has 0 bridgehead atoms. The molecule has 0 saturated heterocycles. The molecule has 0 fully saturated rings. The van der Waals surface area contributed by atoms with E-state index in [2.05, 4.69) is 0 Å². The zero-order valence-corrected chi connectivity index (χ0v) is 7.67.